The van der Waals surface area contributed by atoms with Crippen molar-refractivity contribution >= 4 is 5.97 Å². The Morgan fingerprint density at radius 3 is 2.45 bits per heavy atom. The summed E-state index contributed by atoms with van der Waals surface area (Å²) >= 11 is 0. The van der Waals surface area contributed by atoms with Crippen molar-refractivity contribution in [2.45, 2.75) is 25.4 Å². The highest BCUT2D eigenvalue weighted by Gasteiger charge is 2.58. The van der Waals surface area contributed by atoms with Gasteiger partial charge in [-0.25, -0.2) is 9.18 Å². The molecule has 1 atom stereocenters. The van der Waals surface area contributed by atoms with Gasteiger partial charge in [0.15, 0.2) is 17.2 Å². The van der Waals surface area contributed by atoms with Gasteiger partial charge in [0.05, 0.1) is 13.7 Å². The monoisotopic (exact) mass is 292 g/mol. The molecule has 0 fully saturated rings. The summed E-state index contributed by atoms with van der Waals surface area (Å²) in [7, 11) is 1.21. The number of carbonyl (C=O) groups excluding carboxylic acids is 1. The van der Waals surface area contributed by atoms with Crippen molar-refractivity contribution in [3.05, 3.63) is 29.6 Å². The number of esters is 1. The number of alkyl halides is 2. The van der Waals surface area contributed by atoms with Gasteiger partial charge in [0.2, 0.25) is 0 Å². The van der Waals surface area contributed by atoms with Crippen molar-refractivity contribution < 1.29 is 32.5 Å². The molecule has 112 valence electrons. The quantitative estimate of drug-likeness (QED) is 0.846. The van der Waals surface area contributed by atoms with E-state index in [1.165, 1.54) is 14.0 Å². The SMILES string of the molecule is CCOC(=O)C(F)(F)C(C)(O)c1ccc(OC)c(F)c1. The third kappa shape index (κ3) is 2.72. The standard InChI is InChI=1S/C13H15F3O4/c1-4-20-11(17)13(15,16)12(2,18)8-5-6-10(19-3)9(14)7-8/h5-7,18H,4H2,1-3H3. The van der Waals surface area contributed by atoms with Crippen LogP contribution in [0.2, 0.25) is 0 Å². The molecule has 0 aliphatic rings. The maximum absolute atomic E-state index is 13.9. The minimum absolute atomic E-state index is 0.163. The van der Waals surface area contributed by atoms with Gasteiger partial charge < -0.3 is 14.6 Å². The lowest BCUT2D eigenvalue weighted by Gasteiger charge is -2.31. The van der Waals surface area contributed by atoms with Crippen LogP contribution in [0.4, 0.5) is 13.2 Å². The zero-order chi connectivity index (χ0) is 15.6. The number of benzene rings is 1. The summed E-state index contributed by atoms with van der Waals surface area (Å²) in [6, 6.07) is 2.82. The summed E-state index contributed by atoms with van der Waals surface area (Å²) in [4.78, 5) is 11.2. The fourth-order valence-electron chi connectivity index (χ4n) is 1.57. The Morgan fingerprint density at radius 1 is 1.40 bits per heavy atom. The summed E-state index contributed by atoms with van der Waals surface area (Å²) in [6.45, 7) is 1.81. The molecule has 0 amide bonds. The summed E-state index contributed by atoms with van der Waals surface area (Å²) in [5, 5.41) is 9.94. The number of carbonyl (C=O) groups is 1. The van der Waals surface area contributed by atoms with Gasteiger partial charge in [-0.2, -0.15) is 8.78 Å². The zero-order valence-electron chi connectivity index (χ0n) is 11.2. The Labute approximate surface area is 114 Å². The molecule has 0 radical (unpaired) electrons. The molecule has 1 N–H and O–H groups in total. The third-order valence-corrected chi connectivity index (χ3v) is 2.86. The van der Waals surface area contributed by atoms with Gasteiger partial charge in [-0.15, -0.1) is 0 Å². The van der Waals surface area contributed by atoms with Crippen LogP contribution in [0.5, 0.6) is 5.75 Å². The molecule has 0 bridgehead atoms. The second kappa shape index (κ2) is 5.70. The normalized spacial score (nSPS) is 14.6. The van der Waals surface area contributed by atoms with Crippen LogP contribution in [-0.2, 0) is 15.1 Å². The second-order valence-electron chi connectivity index (χ2n) is 4.22. The molecule has 7 heteroatoms. The van der Waals surface area contributed by atoms with Crippen molar-refractivity contribution in [1.82, 2.24) is 0 Å². The fourth-order valence-corrected chi connectivity index (χ4v) is 1.57. The van der Waals surface area contributed by atoms with Gasteiger partial charge in [0.25, 0.3) is 0 Å². The molecule has 0 aliphatic heterocycles. The summed E-state index contributed by atoms with van der Waals surface area (Å²) in [6.07, 6.45) is 0. The van der Waals surface area contributed by atoms with Gasteiger partial charge in [0, 0.05) is 0 Å². The van der Waals surface area contributed by atoms with Crippen LogP contribution in [0.25, 0.3) is 0 Å². The van der Waals surface area contributed by atoms with Crippen LogP contribution in [-0.4, -0.2) is 30.7 Å². The van der Waals surface area contributed by atoms with Crippen LogP contribution in [0.3, 0.4) is 0 Å². The Morgan fingerprint density at radius 2 is 2.00 bits per heavy atom. The number of hydrogen-bond donors (Lipinski definition) is 1. The summed E-state index contributed by atoms with van der Waals surface area (Å²) in [5.41, 5.74) is -3.37. The lowest BCUT2D eigenvalue weighted by Crippen LogP contribution is -2.49. The van der Waals surface area contributed by atoms with E-state index in [-0.39, 0.29) is 12.4 Å². The first-order valence-electron chi connectivity index (χ1n) is 5.79. The first-order chi connectivity index (χ1) is 9.18. The molecule has 1 unspecified atom stereocenters. The molecule has 1 aromatic rings. The average molecular weight is 292 g/mol. The molecule has 0 aromatic heterocycles. The lowest BCUT2D eigenvalue weighted by molar-refractivity contribution is -0.212. The first-order valence-corrected chi connectivity index (χ1v) is 5.79. The molecular weight excluding hydrogens is 277 g/mol. The third-order valence-electron chi connectivity index (χ3n) is 2.86. The van der Waals surface area contributed by atoms with Crippen LogP contribution in [0.1, 0.15) is 19.4 Å². The number of ether oxygens (including phenoxy) is 2. The minimum atomic E-state index is -4.22. The maximum Gasteiger partial charge on any atom is 0.380 e. The zero-order valence-corrected chi connectivity index (χ0v) is 11.2. The highest BCUT2D eigenvalue weighted by molar-refractivity contribution is 5.79. The van der Waals surface area contributed by atoms with Crippen molar-refractivity contribution in [2.75, 3.05) is 13.7 Å². The molecule has 0 aliphatic carbocycles. The van der Waals surface area contributed by atoms with E-state index in [2.05, 4.69) is 9.47 Å². The molecule has 1 rings (SSSR count). The number of halogens is 3. The molecule has 1 aromatic carbocycles. The largest absolute Gasteiger partial charge is 0.494 e. The Hall–Kier alpha value is -1.76. The number of rotatable bonds is 5. The van der Waals surface area contributed by atoms with Gasteiger partial charge >= 0.3 is 11.9 Å². The van der Waals surface area contributed by atoms with Crippen molar-refractivity contribution in [3.63, 3.8) is 0 Å². The Kier molecular flexibility index (Phi) is 4.65. The van der Waals surface area contributed by atoms with Crippen LogP contribution >= 0.6 is 0 Å². The molecular formula is C13H15F3O4. The van der Waals surface area contributed by atoms with E-state index in [9.17, 15) is 23.1 Å². The molecule has 0 spiro atoms. The van der Waals surface area contributed by atoms with E-state index >= 15 is 0 Å². The van der Waals surface area contributed by atoms with Gasteiger partial charge in [-0.05, 0) is 31.5 Å². The number of methoxy groups -OCH3 is 1. The first kappa shape index (κ1) is 16.3. The van der Waals surface area contributed by atoms with E-state index in [1.807, 2.05) is 0 Å². The van der Waals surface area contributed by atoms with Crippen LogP contribution in [0.15, 0.2) is 18.2 Å². The fraction of sp³-hybridized carbons (Fsp3) is 0.462. The van der Waals surface area contributed by atoms with Crippen LogP contribution < -0.4 is 4.74 Å². The smallest absolute Gasteiger partial charge is 0.380 e. The predicted octanol–water partition coefficient (Wildman–Crippen LogP) is 2.24. The van der Waals surface area contributed by atoms with Gasteiger partial charge in [-0.3, -0.25) is 0 Å². The molecule has 4 nitrogen and oxygen atoms in total. The number of hydrogen-bond acceptors (Lipinski definition) is 4. The van der Waals surface area contributed by atoms with Crippen molar-refractivity contribution in [2.24, 2.45) is 0 Å². The molecule has 20 heavy (non-hydrogen) atoms. The molecule has 0 saturated heterocycles. The second-order valence-corrected chi connectivity index (χ2v) is 4.22. The Balaban J connectivity index is 3.21. The summed E-state index contributed by atoms with van der Waals surface area (Å²) < 4.78 is 50.2. The highest BCUT2D eigenvalue weighted by Crippen LogP contribution is 2.39. The average Bonchev–Trinajstić information content (AvgIpc) is 2.38. The maximum atomic E-state index is 13.9. The highest BCUT2D eigenvalue weighted by atomic mass is 19.3. The van der Waals surface area contributed by atoms with Crippen LogP contribution in [0, 0.1) is 5.82 Å². The predicted molar refractivity (Wildman–Crippen MR) is 64.1 cm³/mol. The van der Waals surface area contributed by atoms with E-state index in [0.717, 1.165) is 12.1 Å². The van der Waals surface area contributed by atoms with E-state index < -0.39 is 28.9 Å². The summed E-state index contributed by atoms with van der Waals surface area (Å²) in [5.74, 6) is -7.18. The molecule has 0 heterocycles. The van der Waals surface area contributed by atoms with E-state index in [0.29, 0.717) is 13.0 Å². The van der Waals surface area contributed by atoms with Gasteiger partial charge in [0.1, 0.15) is 0 Å². The van der Waals surface area contributed by atoms with Crippen molar-refractivity contribution in [3.8, 4) is 5.75 Å². The molecule has 0 saturated carbocycles. The van der Waals surface area contributed by atoms with Gasteiger partial charge in [-0.1, -0.05) is 6.07 Å². The minimum Gasteiger partial charge on any atom is -0.494 e. The lowest BCUT2D eigenvalue weighted by atomic mass is 9.89. The van der Waals surface area contributed by atoms with Crippen molar-refractivity contribution in [1.29, 1.82) is 0 Å². The Bertz CT molecular complexity index is 500. The van der Waals surface area contributed by atoms with E-state index in [4.69, 9.17) is 0 Å². The topological polar surface area (TPSA) is 55.8 Å². The van der Waals surface area contributed by atoms with E-state index in [1.54, 1.807) is 0 Å². The number of aliphatic hydroxyl groups is 1.